The van der Waals surface area contributed by atoms with Gasteiger partial charge in [-0.2, -0.15) is 0 Å². The maximum Gasteiger partial charge on any atom is 0.315 e. The number of halogens is 1. The number of rotatable bonds is 8. The highest BCUT2D eigenvalue weighted by molar-refractivity contribution is 5.83. The van der Waals surface area contributed by atoms with Crippen molar-refractivity contribution in [1.82, 2.24) is 15.5 Å². The number of nitrogens with one attached hydrogen (secondary N) is 2. The second-order valence-corrected chi connectivity index (χ2v) is 6.07. The highest BCUT2D eigenvalue weighted by Gasteiger charge is 2.18. The van der Waals surface area contributed by atoms with Crippen molar-refractivity contribution in [3.63, 3.8) is 0 Å². The molecular formula is C20H20FN3O4. The molecule has 1 aromatic carbocycles. The molecule has 8 heteroatoms. The van der Waals surface area contributed by atoms with Gasteiger partial charge in [0.15, 0.2) is 0 Å². The van der Waals surface area contributed by atoms with Crippen LogP contribution in [0.1, 0.15) is 17.1 Å². The normalized spacial score (nSPS) is 10.5. The van der Waals surface area contributed by atoms with Crippen LogP contribution in [0.25, 0.3) is 0 Å². The molecule has 0 radical (unpaired) electrons. The third kappa shape index (κ3) is 5.73. The first kappa shape index (κ1) is 19.2. The average molecular weight is 385 g/mol. The number of hydrogen-bond donors (Lipinski definition) is 2. The summed E-state index contributed by atoms with van der Waals surface area (Å²) in [5.74, 6) is 0.623. The lowest BCUT2D eigenvalue weighted by Crippen LogP contribution is -2.43. The minimum atomic E-state index is -0.492. The number of furan rings is 2. The van der Waals surface area contributed by atoms with E-state index in [4.69, 9.17) is 8.83 Å². The van der Waals surface area contributed by atoms with Crippen LogP contribution in [0.3, 0.4) is 0 Å². The van der Waals surface area contributed by atoms with Crippen molar-refractivity contribution >= 4 is 11.9 Å². The molecule has 3 amide bonds. The smallest absolute Gasteiger partial charge is 0.315 e. The number of amides is 3. The molecule has 7 nitrogen and oxygen atoms in total. The van der Waals surface area contributed by atoms with Crippen LogP contribution in [0.2, 0.25) is 0 Å². The Kier molecular flexibility index (Phi) is 6.46. The van der Waals surface area contributed by atoms with E-state index in [1.54, 1.807) is 36.4 Å². The Bertz CT molecular complexity index is 841. The Morgan fingerprint density at radius 1 is 0.893 bits per heavy atom. The summed E-state index contributed by atoms with van der Waals surface area (Å²) in [7, 11) is 0. The molecule has 0 spiro atoms. The Labute approximate surface area is 161 Å². The predicted octanol–water partition coefficient (Wildman–Crippen LogP) is 3.04. The van der Waals surface area contributed by atoms with Crippen LogP contribution >= 0.6 is 0 Å². The fourth-order valence-electron chi connectivity index (χ4n) is 2.53. The largest absolute Gasteiger partial charge is 0.467 e. The van der Waals surface area contributed by atoms with Crippen molar-refractivity contribution in [3.8, 4) is 0 Å². The van der Waals surface area contributed by atoms with E-state index >= 15 is 0 Å². The van der Waals surface area contributed by atoms with E-state index in [0.29, 0.717) is 11.5 Å². The molecule has 2 N–H and O–H groups in total. The molecule has 0 atom stereocenters. The van der Waals surface area contributed by atoms with Gasteiger partial charge in [0.1, 0.15) is 17.3 Å². The van der Waals surface area contributed by atoms with E-state index in [2.05, 4.69) is 10.6 Å². The number of hydrogen-bond acceptors (Lipinski definition) is 4. The van der Waals surface area contributed by atoms with Crippen molar-refractivity contribution in [2.75, 3.05) is 6.54 Å². The lowest BCUT2D eigenvalue weighted by molar-refractivity contribution is -0.131. The van der Waals surface area contributed by atoms with Gasteiger partial charge in [-0.25, -0.2) is 9.18 Å². The summed E-state index contributed by atoms with van der Waals surface area (Å²) in [5, 5.41) is 5.15. The first-order valence-corrected chi connectivity index (χ1v) is 8.69. The van der Waals surface area contributed by atoms with E-state index in [-0.39, 0.29) is 37.9 Å². The predicted molar refractivity (Wildman–Crippen MR) is 98.3 cm³/mol. The first-order valence-electron chi connectivity index (χ1n) is 8.69. The summed E-state index contributed by atoms with van der Waals surface area (Å²) in [6.07, 6.45) is 3.07. The third-order valence-corrected chi connectivity index (χ3v) is 3.97. The van der Waals surface area contributed by atoms with Crippen LogP contribution < -0.4 is 10.6 Å². The average Bonchev–Trinajstić information content (AvgIpc) is 3.39. The van der Waals surface area contributed by atoms with Gasteiger partial charge in [0.25, 0.3) is 0 Å². The fraction of sp³-hybridized carbons (Fsp3) is 0.200. The third-order valence-electron chi connectivity index (χ3n) is 3.97. The van der Waals surface area contributed by atoms with Gasteiger partial charge in [-0.1, -0.05) is 12.1 Å². The topological polar surface area (TPSA) is 87.7 Å². The van der Waals surface area contributed by atoms with Crippen molar-refractivity contribution in [2.24, 2.45) is 0 Å². The van der Waals surface area contributed by atoms with Crippen molar-refractivity contribution in [1.29, 1.82) is 0 Å². The molecule has 0 bridgehead atoms. The van der Waals surface area contributed by atoms with Crippen molar-refractivity contribution in [2.45, 2.75) is 19.6 Å². The lowest BCUT2D eigenvalue weighted by atomic mass is 10.2. The van der Waals surface area contributed by atoms with Gasteiger partial charge in [-0.05, 0) is 42.0 Å². The second-order valence-electron chi connectivity index (χ2n) is 6.07. The monoisotopic (exact) mass is 385 g/mol. The molecule has 28 heavy (non-hydrogen) atoms. The maximum absolute atomic E-state index is 12.9. The van der Waals surface area contributed by atoms with Gasteiger partial charge >= 0.3 is 6.03 Å². The number of benzene rings is 1. The molecule has 2 aromatic heterocycles. The molecule has 0 aliphatic heterocycles. The van der Waals surface area contributed by atoms with Crippen LogP contribution in [0.5, 0.6) is 0 Å². The minimum absolute atomic E-state index is 0.184. The van der Waals surface area contributed by atoms with Crippen LogP contribution in [-0.4, -0.2) is 23.4 Å². The second kappa shape index (κ2) is 9.40. The number of urea groups is 1. The van der Waals surface area contributed by atoms with Gasteiger partial charge in [-0.15, -0.1) is 0 Å². The Morgan fingerprint density at radius 3 is 2.04 bits per heavy atom. The van der Waals surface area contributed by atoms with Crippen molar-refractivity contribution in [3.05, 3.63) is 84.0 Å². The summed E-state index contributed by atoms with van der Waals surface area (Å²) in [6.45, 7) is 0.552. The minimum Gasteiger partial charge on any atom is -0.467 e. The number of carbonyl (C=O) groups is 2. The Hall–Kier alpha value is -3.55. The Morgan fingerprint density at radius 2 is 1.50 bits per heavy atom. The Balaban J connectivity index is 1.50. The zero-order valence-electron chi connectivity index (χ0n) is 15.1. The summed E-state index contributed by atoms with van der Waals surface area (Å²) in [5.41, 5.74) is 0.750. The van der Waals surface area contributed by atoms with Crippen molar-refractivity contribution < 1.29 is 22.8 Å². The summed E-state index contributed by atoms with van der Waals surface area (Å²) in [4.78, 5) is 26.0. The molecule has 3 aromatic rings. The van der Waals surface area contributed by atoms with E-state index in [1.165, 1.54) is 29.6 Å². The molecular weight excluding hydrogens is 365 g/mol. The van der Waals surface area contributed by atoms with E-state index in [9.17, 15) is 14.0 Å². The molecule has 0 unspecified atom stereocenters. The zero-order chi connectivity index (χ0) is 19.8. The number of nitrogens with zero attached hydrogens (tertiary/aromatic N) is 1. The lowest BCUT2D eigenvalue weighted by Gasteiger charge is -2.21. The molecule has 0 aliphatic rings. The van der Waals surface area contributed by atoms with Crippen LogP contribution in [-0.2, 0) is 24.4 Å². The van der Waals surface area contributed by atoms with Gasteiger partial charge in [-0.3, -0.25) is 4.79 Å². The van der Waals surface area contributed by atoms with E-state index in [0.717, 1.165) is 5.56 Å². The SMILES string of the molecule is O=C(NCC(=O)N(Cc1ccco1)Cc1ccco1)NCc1ccc(F)cc1. The number of carbonyl (C=O) groups excluding carboxylic acids is 2. The summed E-state index contributed by atoms with van der Waals surface area (Å²) >= 11 is 0. The van der Waals surface area contributed by atoms with Gasteiger partial charge in [0.05, 0.1) is 32.2 Å². The first-order chi connectivity index (χ1) is 13.6. The quantitative estimate of drug-likeness (QED) is 0.624. The molecule has 0 saturated heterocycles. The summed E-state index contributed by atoms with van der Waals surface area (Å²) in [6, 6.07) is 12.3. The standard InChI is InChI=1S/C20H20FN3O4/c21-16-7-5-15(6-8-16)11-22-20(26)23-12-19(25)24(13-17-3-1-9-27-17)14-18-4-2-10-28-18/h1-10H,11-14H2,(H2,22,23,26). The van der Waals surface area contributed by atoms with Gasteiger partial charge in [0.2, 0.25) is 5.91 Å². The van der Waals surface area contributed by atoms with E-state index in [1.807, 2.05) is 0 Å². The molecule has 2 heterocycles. The zero-order valence-corrected chi connectivity index (χ0v) is 15.1. The van der Waals surface area contributed by atoms with Gasteiger partial charge < -0.3 is 24.4 Å². The molecule has 0 aliphatic carbocycles. The van der Waals surface area contributed by atoms with Crippen LogP contribution in [0.15, 0.2) is 69.9 Å². The highest BCUT2D eigenvalue weighted by atomic mass is 19.1. The molecule has 0 fully saturated rings. The summed E-state index contributed by atoms with van der Waals surface area (Å²) < 4.78 is 23.5. The van der Waals surface area contributed by atoms with Gasteiger partial charge in [0, 0.05) is 6.54 Å². The molecule has 146 valence electrons. The van der Waals surface area contributed by atoms with Crippen LogP contribution in [0, 0.1) is 5.82 Å². The molecule has 3 rings (SSSR count). The highest BCUT2D eigenvalue weighted by Crippen LogP contribution is 2.11. The maximum atomic E-state index is 12.9. The van der Waals surface area contributed by atoms with E-state index < -0.39 is 6.03 Å². The van der Waals surface area contributed by atoms with Crippen LogP contribution in [0.4, 0.5) is 9.18 Å². The molecule has 0 saturated carbocycles. The fourth-order valence-corrected chi connectivity index (χ4v) is 2.53.